The van der Waals surface area contributed by atoms with Gasteiger partial charge >= 0.3 is 0 Å². The average molecular weight is 375 g/mol. The highest BCUT2D eigenvalue weighted by Gasteiger charge is 2.35. The Morgan fingerprint density at radius 1 is 1.19 bits per heavy atom. The van der Waals surface area contributed by atoms with E-state index in [1.165, 1.54) is 5.56 Å². The molecule has 0 saturated heterocycles. The highest BCUT2D eigenvalue weighted by Crippen LogP contribution is 2.30. The maximum atomic E-state index is 12.0. The summed E-state index contributed by atoms with van der Waals surface area (Å²) in [5.41, 5.74) is 3.66. The van der Waals surface area contributed by atoms with Gasteiger partial charge in [-0.2, -0.15) is 0 Å². The van der Waals surface area contributed by atoms with Gasteiger partial charge in [-0.05, 0) is 56.8 Å². The van der Waals surface area contributed by atoms with Crippen LogP contribution in [-0.4, -0.2) is 50.7 Å². The molecule has 0 bridgehead atoms. The number of hydrogen-bond acceptors (Lipinski definition) is 5. The molecule has 1 fully saturated rings. The Hall–Kier alpha value is -1.96. The highest BCUT2D eigenvalue weighted by molar-refractivity contribution is 7.93. The molecule has 1 heterocycles. The minimum absolute atomic E-state index is 0.222. The van der Waals surface area contributed by atoms with Crippen LogP contribution in [0.25, 0.3) is 11.3 Å². The molecule has 7 heteroatoms. The van der Waals surface area contributed by atoms with Gasteiger partial charge in [0.25, 0.3) is 0 Å². The molecule has 1 aromatic heterocycles. The third-order valence-electron chi connectivity index (χ3n) is 4.42. The van der Waals surface area contributed by atoms with Gasteiger partial charge in [-0.1, -0.05) is 12.1 Å². The van der Waals surface area contributed by atoms with Gasteiger partial charge in [-0.3, -0.25) is 9.71 Å². The van der Waals surface area contributed by atoms with Gasteiger partial charge in [0.05, 0.1) is 10.9 Å². The summed E-state index contributed by atoms with van der Waals surface area (Å²) in [4.78, 5) is 6.71. The molecule has 1 aliphatic carbocycles. The number of anilines is 1. The van der Waals surface area contributed by atoms with E-state index in [1.807, 2.05) is 31.4 Å². The van der Waals surface area contributed by atoms with Crippen LogP contribution < -0.4 is 10.0 Å². The first-order valence-electron chi connectivity index (χ1n) is 8.88. The van der Waals surface area contributed by atoms with E-state index in [1.54, 1.807) is 12.1 Å². The molecule has 3 rings (SSSR count). The van der Waals surface area contributed by atoms with Crippen LogP contribution in [0.3, 0.4) is 0 Å². The van der Waals surface area contributed by atoms with Crippen molar-refractivity contribution < 1.29 is 8.42 Å². The molecule has 26 heavy (non-hydrogen) atoms. The van der Waals surface area contributed by atoms with Crippen molar-refractivity contribution in [2.45, 2.75) is 24.6 Å². The number of sulfonamides is 1. The fourth-order valence-corrected chi connectivity index (χ4v) is 4.15. The lowest BCUT2D eigenvalue weighted by Crippen LogP contribution is -2.26. The standard InChI is InChI=1S/C19H26N4O2S/c1-20-11-12-23(2)14-15-9-10-21-19(13-15)16-3-5-17(6-4-16)22-26(24,25)18-7-8-18/h3-6,9-10,13,18,20,22H,7-8,11-12,14H2,1-2H3. The SMILES string of the molecule is CNCCN(C)Cc1ccnc(-c2ccc(NS(=O)(=O)C3CC3)cc2)c1. The average Bonchev–Trinajstić information content (AvgIpc) is 3.46. The van der Waals surface area contributed by atoms with Crippen molar-refractivity contribution in [3.8, 4) is 11.3 Å². The number of nitrogens with zero attached hydrogens (tertiary/aromatic N) is 2. The molecule has 1 saturated carbocycles. The topological polar surface area (TPSA) is 74.3 Å². The molecular formula is C19H26N4O2S. The Bertz CT molecular complexity index is 833. The first kappa shape index (κ1) is 18.8. The predicted molar refractivity (Wildman–Crippen MR) is 105 cm³/mol. The Morgan fingerprint density at radius 2 is 1.92 bits per heavy atom. The quantitative estimate of drug-likeness (QED) is 0.705. The van der Waals surface area contributed by atoms with Crippen LogP contribution in [0.2, 0.25) is 0 Å². The monoisotopic (exact) mass is 374 g/mol. The lowest BCUT2D eigenvalue weighted by molar-refractivity contribution is 0.328. The summed E-state index contributed by atoms with van der Waals surface area (Å²) in [6.45, 7) is 2.78. The molecule has 0 aliphatic heterocycles. The van der Waals surface area contributed by atoms with E-state index in [9.17, 15) is 8.42 Å². The fourth-order valence-electron chi connectivity index (χ4n) is 2.76. The van der Waals surface area contributed by atoms with E-state index in [2.05, 4.69) is 33.0 Å². The summed E-state index contributed by atoms with van der Waals surface area (Å²) >= 11 is 0. The zero-order chi connectivity index (χ0) is 18.6. The van der Waals surface area contributed by atoms with Gasteiger partial charge in [0, 0.05) is 37.1 Å². The zero-order valence-electron chi connectivity index (χ0n) is 15.3. The van der Waals surface area contributed by atoms with Gasteiger partial charge in [0.2, 0.25) is 10.0 Å². The smallest absolute Gasteiger partial charge is 0.235 e. The van der Waals surface area contributed by atoms with Crippen molar-refractivity contribution in [3.63, 3.8) is 0 Å². The van der Waals surface area contributed by atoms with E-state index >= 15 is 0 Å². The highest BCUT2D eigenvalue weighted by atomic mass is 32.2. The minimum Gasteiger partial charge on any atom is -0.318 e. The normalized spacial score (nSPS) is 14.6. The van der Waals surface area contributed by atoms with Gasteiger partial charge in [0.1, 0.15) is 0 Å². The summed E-state index contributed by atoms with van der Waals surface area (Å²) in [5.74, 6) is 0. The van der Waals surface area contributed by atoms with Crippen LogP contribution in [0, 0.1) is 0 Å². The molecule has 2 aromatic rings. The van der Waals surface area contributed by atoms with E-state index in [4.69, 9.17) is 0 Å². The van der Waals surface area contributed by atoms with Crippen molar-refractivity contribution in [1.29, 1.82) is 0 Å². The van der Waals surface area contributed by atoms with Crippen LogP contribution in [-0.2, 0) is 16.6 Å². The zero-order valence-corrected chi connectivity index (χ0v) is 16.1. The van der Waals surface area contributed by atoms with Crippen LogP contribution in [0.4, 0.5) is 5.69 Å². The Morgan fingerprint density at radius 3 is 2.58 bits per heavy atom. The molecule has 0 radical (unpaired) electrons. The summed E-state index contributed by atoms with van der Waals surface area (Å²) in [6.07, 6.45) is 3.33. The van der Waals surface area contributed by atoms with E-state index in [0.717, 1.165) is 43.7 Å². The maximum Gasteiger partial charge on any atom is 0.235 e. The Balaban J connectivity index is 1.68. The van der Waals surface area contributed by atoms with Gasteiger partial charge in [0.15, 0.2) is 0 Å². The number of likely N-dealkylation sites (N-methyl/N-ethyl adjacent to an activating group) is 2. The first-order valence-corrected chi connectivity index (χ1v) is 10.4. The van der Waals surface area contributed by atoms with Crippen LogP contribution in [0.1, 0.15) is 18.4 Å². The maximum absolute atomic E-state index is 12.0. The lowest BCUT2D eigenvalue weighted by Gasteiger charge is -2.16. The van der Waals surface area contributed by atoms with Crippen LogP contribution in [0.15, 0.2) is 42.6 Å². The molecule has 1 aliphatic rings. The van der Waals surface area contributed by atoms with Crippen molar-refractivity contribution in [2.24, 2.45) is 0 Å². The summed E-state index contributed by atoms with van der Waals surface area (Å²) < 4.78 is 26.7. The van der Waals surface area contributed by atoms with Gasteiger partial charge in [-0.15, -0.1) is 0 Å². The molecule has 2 N–H and O–H groups in total. The Labute approximate surface area is 155 Å². The van der Waals surface area contributed by atoms with Gasteiger partial charge < -0.3 is 10.2 Å². The molecule has 0 amide bonds. The Kier molecular flexibility index (Phi) is 5.90. The van der Waals surface area contributed by atoms with E-state index in [0.29, 0.717) is 5.69 Å². The summed E-state index contributed by atoms with van der Waals surface area (Å²) in [5, 5.41) is 2.93. The van der Waals surface area contributed by atoms with Crippen LogP contribution in [0.5, 0.6) is 0 Å². The largest absolute Gasteiger partial charge is 0.318 e. The predicted octanol–water partition coefficient (Wildman–Crippen LogP) is 2.30. The number of hydrogen-bond donors (Lipinski definition) is 2. The third-order valence-corrected chi connectivity index (χ3v) is 6.29. The van der Waals surface area contributed by atoms with Gasteiger partial charge in [-0.25, -0.2) is 8.42 Å². The molecule has 0 spiro atoms. The number of benzene rings is 1. The van der Waals surface area contributed by atoms with Crippen molar-refractivity contribution >= 4 is 15.7 Å². The fraction of sp³-hybridized carbons (Fsp3) is 0.421. The van der Waals surface area contributed by atoms with Crippen LogP contribution >= 0.6 is 0 Å². The van der Waals surface area contributed by atoms with Crippen molar-refractivity contribution in [2.75, 3.05) is 31.9 Å². The number of aromatic nitrogens is 1. The molecular weight excluding hydrogens is 348 g/mol. The number of nitrogens with one attached hydrogen (secondary N) is 2. The minimum atomic E-state index is -3.22. The molecule has 0 atom stereocenters. The van der Waals surface area contributed by atoms with E-state index < -0.39 is 10.0 Å². The molecule has 140 valence electrons. The molecule has 1 aromatic carbocycles. The molecule has 0 unspecified atom stereocenters. The third kappa shape index (κ3) is 5.03. The number of pyridine rings is 1. The number of rotatable bonds is 9. The van der Waals surface area contributed by atoms with Crippen molar-refractivity contribution in [1.82, 2.24) is 15.2 Å². The second-order valence-electron chi connectivity index (χ2n) is 6.81. The molecule has 6 nitrogen and oxygen atoms in total. The second-order valence-corrected chi connectivity index (χ2v) is 8.78. The van der Waals surface area contributed by atoms with Crippen molar-refractivity contribution in [3.05, 3.63) is 48.2 Å². The first-order chi connectivity index (χ1) is 12.5. The van der Waals surface area contributed by atoms with E-state index in [-0.39, 0.29) is 5.25 Å². The lowest BCUT2D eigenvalue weighted by atomic mass is 10.1. The summed E-state index contributed by atoms with van der Waals surface area (Å²) in [7, 11) is 0.825. The summed E-state index contributed by atoms with van der Waals surface area (Å²) in [6, 6.07) is 11.5. The second kappa shape index (κ2) is 8.16.